The van der Waals surface area contributed by atoms with Crippen LogP contribution in [-0.4, -0.2) is 12.9 Å². The minimum absolute atomic E-state index is 0.485. The van der Waals surface area contributed by atoms with Gasteiger partial charge in [-0.05, 0) is 43.3 Å². The highest BCUT2D eigenvalue weighted by atomic mass is 32.1. The van der Waals surface area contributed by atoms with E-state index in [1.807, 2.05) is 55.6 Å². The van der Waals surface area contributed by atoms with Crippen molar-refractivity contribution in [3.05, 3.63) is 52.2 Å². The minimum atomic E-state index is -0.485. The van der Waals surface area contributed by atoms with Gasteiger partial charge >= 0.3 is 0 Å². The molecule has 0 fully saturated rings. The summed E-state index contributed by atoms with van der Waals surface area (Å²) in [6.07, 6.45) is 1.70. The lowest BCUT2D eigenvalue weighted by Gasteiger charge is -2.23. The molecule has 2 rings (SSSR count). The van der Waals surface area contributed by atoms with Crippen LogP contribution in [0.15, 0.2) is 41.8 Å². The first-order chi connectivity index (χ1) is 9.19. The SMILES string of the molecule is CCOc1ccccc1CC(C)(C=O)c1cccs1. The molecule has 0 spiro atoms. The fourth-order valence-electron chi connectivity index (χ4n) is 2.13. The number of ether oxygens (including phenoxy) is 1. The number of hydrogen-bond donors (Lipinski definition) is 0. The molecule has 0 amide bonds. The van der Waals surface area contributed by atoms with Crippen molar-refractivity contribution in [1.82, 2.24) is 0 Å². The summed E-state index contributed by atoms with van der Waals surface area (Å²) in [4.78, 5) is 12.7. The quantitative estimate of drug-likeness (QED) is 0.748. The zero-order valence-corrected chi connectivity index (χ0v) is 12.1. The molecule has 0 aliphatic carbocycles. The molecule has 0 radical (unpaired) electrons. The fourth-order valence-corrected chi connectivity index (χ4v) is 2.98. The molecule has 2 nitrogen and oxygen atoms in total. The van der Waals surface area contributed by atoms with Crippen LogP contribution in [0.1, 0.15) is 24.3 Å². The van der Waals surface area contributed by atoms with Gasteiger partial charge in [-0.15, -0.1) is 11.3 Å². The highest BCUT2D eigenvalue weighted by Gasteiger charge is 2.28. The molecule has 2 aromatic rings. The van der Waals surface area contributed by atoms with E-state index in [0.29, 0.717) is 13.0 Å². The van der Waals surface area contributed by atoms with E-state index in [9.17, 15) is 4.79 Å². The zero-order chi connectivity index (χ0) is 13.7. The number of rotatable bonds is 6. The Morgan fingerprint density at radius 1 is 1.26 bits per heavy atom. The summed E-state index contributed by atoms with van der Waals surface area (Å²) < 4.78 is 5.63. The third kappa shape index (κ3) is 3.04. The predicted molar refractivity (Wildman–Crippen MR) is 79.1 cm³/mol. The number of hydrogen-bond acceptors (Lipinski definition) is 3. The van der Waals surface area contributed by atoms with Gasteiger partial charge in [-0.2, -0.15) is 0 Å². The number of para-hydroxylation sites is 1. The third-order valence-corrected chi connectivity index (χ3v) is 4.32. The largest absolute Gasteiger partial charge is 0.494 e. The molecule has 19 heavy (non-hydrogen) atoms. The van der Waals surface area contributed by atoms with Gasteiger partial charge in [0.15, 0.2) is 0 Å². The first kappa shape index (κ1) is 13.8. The second-order valence-corrected chi connectivity index (χ2v) is 5.68. The van der Waals surface area contributed by atoms with E-state index < -0.39 is 5.41 Å². The summed E-state index contributed by atoms with van der Waals surface area (Å²) in [5.41, 5.74) is 0.591. The normalized spacial score (nSPS) is 13.8. The van der Waals surface area contributed by atoms with Gasteiger partial charge in [0, 0.05) is 4.88 Å². The fraction of sp³-hybridized carbons (Fsp3) is 0.312. The molecule has 0 bridgehead atoms. The second-order valence-electron chi connectivity index (χ2n) is 4.73. The first-order valence-corrected chi connectivity index (χ1v) is 7.28. The lowest BCUT2D eigenvalue weighted by Crippen LogP contribution is -2.25. The standard InChI is InChI=1S/C16H18O2S/c1-3-18-14-8-5-4-7-13(14)11-16(2,12-17)15-9-6-10-19-15/h4-10,12H,3,11H2,1-2H3. The maximum absolute atomic E-state index is 11.6. The number of carbonyl (C=O) groups is 1. The summed E-state index contributed by atoms with van der Waals surface area (Å²) >= 11 is 1.62. The van der Waals surface area contributed by atoms with Gasteiger partial charge in [0.25, 0.3) is 0 Å². The number of aldehydes is 1. The number of carbonyl (C=O) groups excluding carboxylic acids is 1. The molecule has 100 valence electrons. The Balaban J connectivity index is 2.31. The van der Waals surface area contributed by atoms with Crippen molar-refractivity contribution in [3.8, 4) is 5.75 Å². The average molecular weight is 274 g/mol. The van der Waals surface area contributed by atoms with Crippen LogP contribution in [0.25, 0.3) is 0 Å². The smallest absolute Gasteiger partial charge is 0.131 e. The molecule has 1 unspecified atom stereocenters. The van der Waals surface area contributed by atoms with Gasteiger partial charge in [-0.25, -0.2) is 0 Å². The molecule has 0 aliphatic rings. The van der Waals surface area contributed by atoms with Crippen molar-refractivity contribution in [2.45, 2.75) is 25.7 Å². The van der Waals surface area contributed by atoms with Gasteiger partial charge in [-0.3, -0.25) is 0 Å². The molecule has 0 saturated carbocycles. The number of benzene rings is 1. The molecule has 0 aliphatic heterocycles. The number of thiophene rings is 1. The van der Waals surface area contributed by atoms with E-state index in [4.69, 9.17) is 4.74 Å². The molecule has 1 aromatic carbocycles. The van der Waals surface area contributed by atoms with Crippen LogP contribution in [0.4, 0.5) is 0 Å². The predicted octanol–water partition coefficient (Wildman–Crippen LogP) is 3.85. The summed E-state index contributed by atoms with van der Waals surface area (Å²) in [6, 6.07) is 11.9. The van der Waals surface area contributed by atoms with Crippen molar-refractivity contribution in [2.75, 3.05) is 6.61 Å². The monoisotopic (exact) mass is 274 g/mol. The van der Waals surface area contributed by atoms with Crippen LogP contribution in [0, 0.1) is 0 Å². The van der Waals surface area contributed by atoms with Crippen LogP contribution < -0.4 is 4.74 Å². The molecule has 3 heteroatoms. The molecular formula is C16H18O2S. The van der Waals surface area contributed by atoms with Crippen molar-refractivity contribution < 1.29 is 9.53 Å². The summed E-state index contributed by atoms with van der Waals surface area (Å²) in [7, 11) is 0. The maximum Gasteiger partial charge on any atom is 0.131 e. The summed E-state index contributed by atoms with van der Waals surface area (Å²) in [6.45, 7) is 4.58. The minimum Gasteiger partial charge on any atom is -0.494 e. The van der Waals surface area contributed by atoms with E-state index in [0.717, 1.165) is 22.5 Å². The van der Waals surface area contributed by atoms with E-state index in [1.165, 1.54) is 0 Å². The van der Waals surface area contributed by atoms with Gasteiger partial charge in [0.05, 0.1) is 12.0 Å². The van der Waals surface area contributed by atoms with E-state index >= 15 is 0 Å². The van der Waals surface area contributed by atoms with Crippen LogP contribution in [0.5, 0.6) is 5.75 Å². The van der Waals surface area contributed by atoms with Crippen LogP contribution in [-0.2, 0) is 16.6 Å². The second kappa shape index (κ2) is 6.02. The molecule has 1 aromatic heterocycles. The topological polar surface area (TPSA) is 26.3 Å². The Morgan fingerprint density at radius 2 is 2.05 bits per heavy atom. The molecule has 0 N–H and O–H groups in total. The Morgan fingerprint density at radius 3 is 2.68 bits per heavy atom. The van der Waals surface area contributed by atoms with E-state index in [2.05, 4.69) is 0 Å². The van der Waals surface area contributed by atoms with E-state index in [-0.39, 0.29) is 0 Å². The van der Waals surface area contributed by atoms with Gasteiger partial charge in [0.2, 0.25) is 0 Å². The van der Waals surface area contributed by atoms with Crippen LogP contribution in [0.2, 0.25) is 0 Å². The van der Waals surface area contributed by atoms with Gasteiger partial charge in [-0.1, -0.05) is 24.3 Å². The highest BCUT2D eigenvalue weighted by Crippen LogP contribution is 2.32. The van der Waals surface area contributed by atoms with Gasteiger partial charge < -0.3 is 9.53 Å². The molecule has 1 heterocycles. The van der Waals surface area contributed by atoms with E-state index in [1.54, 1.807) is 11.3 Å². The maximum atomic E-state index is 11.6. The Hall–Kier alpha value is -1.61. The third-order valence-electron chi connectivity index (χ3n) is 3.17. The Labute approximate surface area is 118 Å². The summed E-state index contributed by atoms with van der Waals surface area (Å²) in [5.74, 6) is 0.870. The molecular weight excluding hydrogens is 256 g/mol. The van der Waals surface area contributed by atoms with Crippen molar-refractivity contribution >= 4 is 17.6 Å². The Bertz CT molecular complexity index is 533. The summed E-state index contributed by atoms with van der Waals surface area (Å²) in [5, 5.41) is 2.01. The first-order valence-electron chi connectivity index (χ1n) is 6.40. The van der Waals surface area contributed by atoms with Gasteiger partial charge in [0.1, 0.15) is 12.0 Å². The Kier molecular flexibility index (Phi) is 4.38. The lowest BCUT2D eigenvalue weighted by molar-refractivity contribution is -0.112. The van der Waals surface area contributed by atoms with Crippen molar-refractivity contribution in [2.24, 2.45) is 0 Å². The molecule has 0 saturated heterocycles. The highest BCUT2D eigenvalue weighted by molar-refractivity contribution is 7.10. The van der Waals surface area contributed by atoms with Crippen molar-refractivity contribution in [1.29, 1.82) is 0 Å². The van der Waals surface area contributed by atoms with Crippen molar-refractivity contribution in [3.63, 3.8) is 0 Å². The molecule has 1 atom stereocenters. The van der Waals surface area contributed by atoms with Crippen LogP contribution >= 0.6 is 11.3 Å². The lowest BCUT2D eigenvalue weighted by atomic mass is 9.83. The zero-order valence-electron chi connectivity index (χ0n) is 11.3. The average Bonchev–Trinajstić information content (AvgIpc) is 2.96. The van der Waals surface area contributed by atoms with Crippen LogP contribution in [0.3, 0.4) is 0 Å².